The predicted molar refractivity (Wildman–Crippen MR) is 72.1 cm³/mol. The van der Waals surface area contributed by atoms with E-state index < -0.39 is 11.8 Å². The van der Waals surface area contributed by atoms with Gasteiger partial charge in [0.1, 0.15) is 17.2 Å². The van der Waals surface area contributed by atoms with Gasteiger partial charge in [-0.2, -0.15) is 0 Å². The molecular weight excluding hydrogens is 261 g/mol. The van der Waals surface area contributed by atoms with Crippen LogP contribution in [-0.4, -0.2) is 29.2 Å². The van der Waals surface area contributed by atoms with E-state index in [1.54, 1.807) is 6.07 Å². The average Bonchev–Trinajstić information content (AvgIpc) is 3.21. The highest BCUT2D eigenvalue weighted by molar-refractivity contribution is 6.02. The van der Waals surface area contributed by atoms with Crippen LogP contribution in [0.3, 0.4) is 0 Å². The third-order valence-electron chi connectivity index (χ3n) is 3.54. The van der Waals surface area contributed by atoms with Crippen LogP contribution in [0.1, 0.15) is 35.1 Å². The zero-order valence-corrected chi connectivity index (χ0v) is 11.2. The van der Waals surface area contributed by atoms with Crippen molar-refractivity contribution in [2.45, 2.75) is 25.3 Å². The van der Waals surface area contributed by atoms with E-state index in [-0.39, 0.29) is 11.6 Å². The Bertz CT molecular complexity index is 677. The van der Waals surface area contributed by atoms with Gasteiger partial charge in [0.25, 0.3) is 0 Å². The third-order valence-corrected chi connectivity index (χ3v) is 3.54. The monoisotopic (exact) mass is 277 g/mol. The zero-order valence-electron chi connectivity index (χ0n) is 11.2. The molecule has 1 aliphatic rings. The summed E-state index contributed by atoms with van der Waals surface area (Å²) in [5.41, 5.74) is 6.72. The number of aromatic nitrogens is 2. The highest BCUT2D eigenvalue weighted by Crippen LogP contribution is 2.40. The molecule has 0 unspecified atom stereocenters. The number of hydrogen-bond acceptors (Lipinski definition) is 4. The van der Waals surface area contributed by atoms with Gasteiger partial charge in [-0.25, -0.2) is 14.2 Å². The lowest BCUT2D eigenvalue weighted by Gasteiger charge is -2.10. The van der Waals surface area contributed by atoms with Crippen LogP contribution in [0.25, 0.3) is 11.0 Å². The summed E-state index contributed by atoms with van der Waals surface area (Å²) in [6.45, 7) is 0.464. The Kier molecular flexibility index (Phi) is 3.17. The molecule has 3 rings (SSSR count). The summed E-state index contributed by atoms with van der Waals surface area (Å²) in [7, 11) is 1.25. The first-order valence-corrected chi connectivity index (χ1v) is 6.65. The van der Waals surface area contributed by atoms with Crippen molar-refractivity contribution in [2.75, 3.05) is 13.7 Å². The van der Waals surface area contributed by atoms with Gasteiger partial charge in [-0.15, -0.1) is 0 Å². The number of esters is 1. The van der Waals surface area contributed by atoms with Crippen LogP contribution >= 0.6 is 0 Å². The standard InChI is InChI=1S/C14H16FN3O2/c1-20-14(19)12-9(15)4-5-10-13(12)18(8-2-3-8)11(17-10)6-7-16/h4-5,8H,2-3,6-7,16H2,1H3. The van der Waals surface area contributed by atoms with Crippen LogP contribution in [0.2, 0.25) is 0 Å². The Balaban J connectivity index is 2.31. The van der Waals surface area contributed by atoms with Crippen LogP contribution in [0, 0.1) is 5.82 Å². The number of nitrogens with two attached hydrogens (primary N) is 1. The van der Waals surface area contributed by atoms with Gasteiger partial charge in [-0.05, 0) is 31.5 Å². The predicted octanol–water partition coefficient (Wildman–Crippen LogP) is 1.80. The van der Waals surface area contributed by atoms with Crippen molar-refractivity contribution in [3.8, 4) is 0 Å². The molecule has 0 aliphatic heterocycles. The molecule has 20 heavy (non-hydrogen) atoms. The Morgan fingerprint density at radius 2 is 2.30 bits per heavy atom. The largest absolute Gasteiger partial charge is 0.465 e. The van der Waals surface area contributed by atoms with E-state index in [1.807, 2.05) is 4.57 Å². The van der Waals surface area contributed by atoms with E-state index in [2.05, 4.69) is 4.98 Å². The molecule has 0 spiro atoms. The fraction of sp³-hybridized carbons (Fsp3) is 0.429. The van der Waals surface area contributed by atoms with Crippen LogP contribution in [0.5, 0.6) is 0 Å². The molecule has 0 bridgehead atoms. The van der Waals surface area contributed by atoms with Gasteiger partial charge in [-0.3, -0.25) is 0 Å². The molecule has 1 heterocycles. The second kappa shape index (κ2) is 4.86. The van der Waals surface area contributed by atoms with E-state index in [1.165, 1.54) is 13.2 Å². The smallest absolute Gasteiger partial charge is 0.343 e. The van der Waals surface area contributed by atoms with Gasteiger partial charge < -0.3 is 15.0 Å². The van der Waals surface area contributed by atoms with Gasteiger partial charge in [0, 0.05) is 12.5 Å². The van der Waals surface area contributed by atoms with Crippen molar-refractivity contribution in [3.05, 3.63) is 29.3 Å². The number of carbonyl (C=O) groups is 1. The average molecular weight is 277 g/mol. The molecule has 5 nitrogen and oxygen atoms in total. The van der Waals surface area contributed by atoms with Crippen LogP contribution in [0.15, 0.2) is 12.1 Å². The summed E-state index contributed by atoms with van der Waals surface area (Å²) in [6.07, 6.45) is 2.63. The molecule has 1 aromatic heterocycles. The number of carbonyl (C=O) groups excluding carboxylic acids is 1. The molecule has 0 amide bonds. The molecule has 2 aromatic rings. The third kappa shape index (κ3) is 1.96. The van der Waals surface area contributed by atoms with Crippen molar-refractivity contribution in [1.82, 2.24) is 9.55 Å². The molecule has 1 fully saturated rings. The minimum Gasteiger partial charge on any atom is -0.465 e. The van der Waals surface area contributed by atoms with Crippen molar-refractivity contribution < 1.29 is 13.9 Å². The number of methoxy groups -OCH3 is 1. The van der Waals surface area contributed by atoms with E-state index in [4.69, 9.17) is 10.5 Å². The Morgan fingerprint density at radius 3 is 2.90 bits per heavy atom. The van der Waals surface area contributed by atoms with Gasteiger partial charge in [-0.1, -0.05) is 0 Å². The summed E-state index contributed by atoms with van der Waals surface area (Å²) in [5, 5.41) is 0. The fourth-order valence-corrected chi connectivity index (χ4v) is 2.54. The van der Waals surface area contributed by atoms with Gasteiger partial charge in [0.15, 0.2) is 0 Å². The zero-order chi connectivity index (χ0) is 14.3. The van der Waals surface area contributed by atoms with Crippen LogP contribution < -0.4 is 5.73 Å². The highest BCUT2D eigenvalue weighted by Gasteiger charge is 2.31. The summed E-state index contributed by atoms with van der Waals surface area (Å²) in [4.78, 5) is 16.4. The Labute approximate surface area is 115 Å². The van der Waals surface area contributed by atoms with Crippen molar-refractivity contribution in [3.63, 3.8) is 0 Å². The normalized spacial score (nSPS) is 14.8. The molecule has 1 aromatic carbocycles. The number of imidazole rings is 1. The van der Waals surface area contributed by atoms with E-state index in [0.717, 1.165) is 18.7 Å². The number of nitrogens with zero attached hydrogens (tertiary/aromatic N) is 2. The molecule has 0 atom stereocenters. The molecule has 106 valence electrons. The lowest BCUT2D eigenvalue weighted by Crippen LogP contribution is -2.12. The summed E-state index contributed by atoms with van der Waals surface area (Å²) < 4.78 is 20.7. The number of benzene rings is 1. The first-order valence-electron chi connectivity index (χ1n) is 6.65. The van der Waals surface area contributed by atoms with Gasteiger partial charge in [0.2, 0.25) is 0 Å². The Hall–Kier alpha value is -1.95. The molecule has 1 aliphatic carbocycles. The molecule has 1 saturated carbocycles. The molecule has 6 heteroatoms. The fourth-order valence-electron chi connectivity index (χ4n) is 2.54. The molecule has 2 N–H and O–H groups in total. The van der Waals surface area contributed by atoms with Gasteiger partial charge >= 0.3 is 5.97 Å². The van der Waals surface area contributed by atoms with E-state index >= 15 is 0 Å². The Morgan fingerprint density at radius 1 is 1.55 bits per heavy atom. The number of rotatable bonds is 4. The first kappa shape index (κ1) is 13.1. The number of hydrogen-bond donors (Lipinski definition) is 1. The van der Waals surface area contributed by atoms with E-state index in [9.17, 15) is 9.18 Å². The number of halogens is 1. The maximum Gasteiger partial charge on any atom is 0.343 e. The van der Waals surface area contributed by atoms with Gasteiger partial charge in [0.05, 0.1) is 18.1 Å². The SMILES string of the molecule is COC(=O)c1c(F)ccc2nc(CCN)n(C3CC3)c12. The van der Waals surface area contributed by atoms with E-state index in [0.29, 0.717) is 24.0 Å². The van der Waals surface area contributed by atoms with Crippen LogP contribution in [0.4, 0.5) is 4.39 Å². The van der Waals surface area contributed by atoms with Crippen molar-refractivity contribution >= 4 is 17.0 Å². The topological polar surface area (TPSA) is 70.1 Å². The highest BCUT2D eigenvalue weighted by atomic mass is 19.1. The van der Waals surface area contributed by atoms with Crippen molar-refractivity contribution in [2.24, 2.45) is 5.73 Å². The molecule has 0 saturated heterocycles. The second-order valence-corrected chi connectivity index (χ2v) is 4.95. The summed E-state index contributed by atoms with van der Waals surface area (Å²) in [5.74, 6) is -0.444. The van der Waals surface area contributed by atoms with Crippen LogP contribution in [-0.2, 0) is 11.2 Å². The summed E-state index contributed by atoms with van der Waals surface area (Å²) in [6, 6.07) is 3.13. The summed E-state index contributed by atoms with van der Waals surface area (Å²) >= 11 is 0. The minimum absolute atomic E-state index is 0.0346. The maximum atomic E-state index is 14.0. The maximum absolute atomic E-state index is 14.0. The first-order chi connectivity index (χ1) is 9.67. The van der Waals surface area contributed by atoms with Crippen molar-refractivity contribution in [1.29, 1.82) is 0 Å². The quantitative estimate of drug-likeness (QED) is 0.865. The minimum atomic E-state index is -0.672. The lowest BCUT2D eigenvalue weighted by molar-refractivity contribution is 0.0597. The number of ether oxygens (including phenoxy) is 1. The lowest BCUT2D eigenvalue weighted by atomic mass is 10.1. The number of fused-ring (bicyclic) bond motifs is 1. The molecular formula is C14H16FN3O2. The molecule has 0 radical (unpaired) electrons. The second-order valence-electron chi connectivity index (χ2n) is 4.95.